The Labute approximate surface area is 129 Å². The van der Waals surface area contributed by atoms with Gasteiger partial charge in [-0.1, -0.05) is 88.1 Å². The topological polar surface area (TPSA) is 38.0 Å². The first kappa shape index (κ1) is 17.5. The van der Waals surface area contributed by atoms with Crippen molar-refractivity contribution in [2.75, 3.05) is 0 Å². The second-order valence-corrected chi connectivity index (χ2v) is 5.91. The minimum Gasteiger partial charge on any atom is -0.271 e. The predicted molar refractivity (Wildman–Crippen MR) is 88.7 cm³/mol. The molecule has 0 bridgehead atoms. The molecule has 3 heteroatoms. The molecule has 3 N–H and O–H groups in total. The highest BCUT2D eigenvalue weighted by Crippen LogP contribution is 2.26. The SMILES string of the molecule is CCCCCCCCCCC(NN)c1ccccc1Cl. The van der Waals surface area contributed by atoms with Crippen molar-refractivity contribution in [2.24, 2.45) is 5.84 Å². The van der Waals surface area contributed by atoms with Gasteiger partial charge in [-0.3, -0.25) is 11.3 Å². The van der Waals surface area contributed by atoms with Crippen LogP contribution in [0.5, 0.6) is 0 Å². The molecule has 0 aromatic heterocycles. The molecule has 1 aromatic rings. The number of halogens is 1. The van der Waals surface area contributed by atoms with Gasteiger partial charge in [-0.2, -0.15) is 0 Å². The van der Waals surface area contributed by atoms with E-state index in [4.69, 9.17) is 17.4 Å². The lowest BCUT2D eigenvalue weighted by Crippen LogP contribution is -2.28. The summed E-state index contributed by atoms with van der Waals surface area (Å²) < 4.78 is 0. The van der Waals surface area contributed by atoms with Crippen LogP contribution in [0, 0.1) is 0 Å². The van der Waals surface area contributed by atoms with Gasteiger partial charge in [0, 0.05) is 11.1 Å². The van der Waals surface area contributed by atoms with Gasteiger partial charge in [0.2, 0.25) is 0 Å². The molecule has 0 aliphatic heterocycles. The number of unbranched alkanes of at least 4 members (excludes halogenated alkanes) is 7. The Morgan fingerprint density at radius 3 is 2.20 bits per heavy atom. The summed E-state index contributed by atoms with van der Waals surface area (Å²) in [5.41, 5.74) is 4.00. The zero-order valence-corrected chi connectivity index (χ0v) is 13.5. The van der Waals surface area contributed by atoms with Crippen molar-refractivity contribution in [3.63, 3.8) is 0 Å². The lowest BCUT2D eigenvalue weighted by atomic mass is 10.00. The van der Waals surface area contributed by atoms with Crippen LogP contribution in [0.2, 0.25) is 5.02 Å². The molecule has 0 aliphatic carbocycles. The zero-order valence-electron chi connectivity index (χ0n) is 12.7. The first-order valence-corrected chi connectivity index (χ1v) is 8.38. The summed E-state index contributed by atoms with van der Waals surface area (Å²) in [6, 6.07) is 8.12. The fourth-order valence-corrected chi connectivity index (χ4v) is 2.84. The van der Waals surface area contributed by atoms with E-state index in [0.717, 1.165) is 17.0 Å². The summed E-state index contributed by atoms with van der Waals surface area (Å²) in [6.07, 6.45) is 11.7. The van der Waals surface area contributed by atoms with Crippen LogP contribution in [0.1, 0.15) is 76.3 Å². The molecule has 0 spiro atoms. The summed E-state index contributed by atoms with van der Waals surface area (Å²) in [5, 5.41) is 0.801. The van der Waals surface area contributed by atoms with E-state index in [1.807, 2.05) is 18.2 Å². The van der Waals surface area contributed by atoms with Gasteiger partial charge < -0.3 is 0 Å². The molecular formula is C17H29ClN2. The van der Waals surface area contributed by atoms with Crippen LogP contribution in [-0.2, 0) is 0 Å². The number of nitrogens with one attached hydrogen (secondary N) is 1. The van der Waals surface area contributed by atoms with E-state index in [9.17, 15) is 0 Å². The summed E-state index contributed by atoms with van der Waals surface area (Å²) in [7, 11) is 0. The normalized spacial score (nSPS) is 12.6. The van der Waals surface area contributed by atoms with Gasteiger partial charge in [-0.25, -0.2) is 0 Å². The second kappa shape index (κ2) is 11.1. The van der Waals surface area contributed by atoms with Gasteiger partial charge in [0.25, 0.3) is 0 Å². The Bertz CT molecular complexity index is 355. The second-order valence-electron chi connectivity index (χ2n) is 5.50. The molecule has 1 atom stereocenters. The minimum absolute atomic E-state index is 0.170. The highest BCUT2D eigenvalue weighted by molar-refractivity contribution is 6.31. The lowest BCUT2D eigenvalue weighted by molar-refractivity contribution is 0.475. The first-order chi connectivity index (χ1) is 9.79. The van der Waals surface area contributed by atoms with Gasteiger partial charge >= 0.3 is 0 Å². The monoisotopic (exact) mass is 296 g/mol. The molecule has 1 aromatic carbocycles. The van der Waals surface area contributed by atoms with E-state index in [1.165, 1.54) is 51.4 Å². The smallest absolute Gasteiger partial charge is 0.0474 e. The number of hydrogen-bond acceptors (Lipinski definition) is 2. The maximum atomic E-state index is 6.21. The predicted octanol–water partition coefficient (Wildman–Crippen LogP) is 5.38. The minimum atomic E-state index is 0.170. The van der Waals surface area contributed by atoms with E-state index in [-0.39, 0.29) is 6.04 Å². The Morgan fingerprint density at radius 1 is 1.00 bits per heavy atom. The Kier molecular flexibility index (Phi) is 9.73. The summed E-state index contributed by atoms with van der Waals surface area (Å²) >= 11 is 6.21. The van der Waals surface area contributed by atoms with Crippen molar-refractivity contribution in [2.45, 2.75) is 70.8 Å². The maximum absolute atomic E-state index is 6.21. The molecule has 1 unspecified atom stereocenters. The number of rotatable bonds is 11. The number of nitrogens with two attached hydrogens (primary N) is 1. The van der Waals surface area contributed by atoms with E-state index in [0.29, 0.717) is 0 Å². The van der Waals surface area contributed by atoms with Crippen LogP contribution in [-0.4, -0.2) is 0 Å². The van der Waals surface area contributed by atoms with E-state index in [2.05, 4.69) is 18.4 Å². The lowest BCUT2D eigenvalue weighted by Gasteiger charge is -2.17. The molecule has 1 rings (SSSR count). The molecule has 114 valence electrons. The Morgan fingerprint density at radius 2 is 1.60 bits per heavy atom. The highest BCUT2D eigenvalue weighted by atomic mass is 35.5. The van der Waals surface area contributed by atoms with Crippen LogP contribution >= 0.6 is 11.6 Å². The van der Waals surface area contributed by atoms with Crippen molar-refractivity contribution in [3.05, 3.63) is 34.9 Å². The van der Waals surface area contributed by atoms with Gasteiger partial charge in [-0.15, -0.1) is 0 Å². The molecule has 0 saturated heterocycles. The van der Waals surface area contributed by atoms with Crippen LogP contribution in [0.3, 0.4) is 0 Å². The third kappa shape index (κ3) is 6.74. The molecular weight excluding hydrogens is 268 g/mol. The Balaban J connectivity index is 2.18. The largest absolute Gasteiger partial charge is 0.271 e. The van der Waals surface area contributed by atoms with Crippen LogP contribution in [0.4, 0.5) is 0 Å². The van der Waals surface area contributed by atoms with Crippen molar-refractivity contribution >= 4 is 11.6 Å². The number of hydrazine groups is 1. The quantitative estimate of drug-likeness (QED) is 0.327. The molecule has 0 amide bonds. The van der Waals surface area contributed by atoms with Crippen LogP contribution in [0.25, 0.3) is 0 Å². The molecule has 2 nitrogen and oxygen atoms in total. The van der Waals surface area contributed by atoms with Crippen molar-refractivity contribution < 1.29 is 0 Å². The summed E-state index contributed by atoms with van der Waals surface area (Å²) in [5.74, 6) is 5.66. The van der Waals surface area contributed by atoms with Gasteiger partial charge in [-0.05, 0) is 18.1 Å². The van der Waals surface area contributed by atoms with Gasteiger partial charge in [0.15, 0.2) is 0 Å². The Hall–Kier alpha value is -0.570. The fraction of sp³-hybridized carbons (Fsp3) is 0.647. The van der Waals surface area contributed by atoms with Crippen molar-refractivity contribution in [1.29, 1.82) is 0 Å². The molecule has 0 heterocycles. The van der Waals surface area contributed by atoms with Gasteiger partial charge in [0.05, 0.1) is 0 Å². The third-order valence-electron chi connectivity index (χ3n) is 3.83. The standard InChI is InChI=1S/C17H29ClN2/c1-2-3-4-5-6-7-8-9-14-17(20-19)15-12-10-11-13-16(15)18/h10-13,17,20H,2-9,14,19H2,1H3. The molecule has 0 aliphatic rings. The van der Waals surface area contributed by atoms with Crippen molar-refractivity contribution in [3.8, 4) is 0 Å². The maximum Gasteiger partial charge on any atom is 0.0474 e. The fourth-order valence-electron chi connectivity index (χ4n) is 2.57. The van der Waals surface area contributed by atoms with Crippen LogP contribution < -0.4 is 11.3 Å². The molecule has 20 heavy (non-hydrogen) atoms. The third-order valence-corrected chi connectivity index (χ3v) is 4.17. The molecule has 0 fully saturated rings. The summed E-state index contributed by atoms with van der Waals surface area (Å²) in [4.78, 5) is 0. The van der Waals surface area contributed by atoms with Gasteiger partial charge in [0.1, 0.15) is 0 Å². The summed E-state index contributed by atoms with van der Waals surface area (Å²) in [6.45, 7) is 2.26. The number of hydrogen-bond donors (Lipinski definition) is 2. The number of benzene rings is 1. The molecule has 0 radical (unpaired) electrons. The van der Waals surface area contributed by atoms with Crippen LogP contribution in [0.15, 0.2) is 24.3 Å². The molecule has 0 saturated carbocycles. The zero-order chi connectivity index (χ0) is 14.6. The first-order valence-electron chi connectivity index (χ1n) is 8.00. The van der Waals surface area contributed by atoms with Crippen molar-refractivity contribution in [1.82, 2.24) is 5.43 Å². The van der Waals surface area contributed by atoms with E-state index >= 15 is 0 Å². The average molecular weight is 297 g/mol. The van der Waals surface area contributed by atoms with E-state index < -0.39 is 0 Å². The average Bonchev–Trinajstić information content (AvgIpc) is 2.47. The highest BCUT2D eigenvalue weighted by Gasteiger charge is 2.11. The van der Waals surface area contributed by atoms with E-state index in [1.54, 1.807) is 0 Å².